The Morgan fingerprint density at radius 2 is 1.12 bits per heavy atom. The number of hydrogen-bond acceptors (Lipinski definition) is 6. The Bertz CT molecular complexity index is 3080. The van der Waals surface area contributed by atoms with Crippen LogP contribution in [0.1, 0.15) is 0 Å². The van der Waals surface area contributed by atoms with Gasteiger partial charge in [0.05, 0.1) is 10.2 Å². The third-order valence-electron chi connectivity index (χ3n) is 9.49. The first-order chi connectivity index (χ1) is 24.2. The lowest BCUT2D eigenvalue weighted by Crippen LogP contribution is -2.09. The lowest BCUT2D eigenvalue weighted by atomic mass is 10.1. The van der Waals surface area contributed by atoms with E-state index in [2.05, 4.69) is 132 Å². The van der Waals surface area contributed by atoms with Crippen LogP contribution in [-0.4, -0.2) is 4.98 Å². The van der Waals surface area contributed by atoms with Crippen LogP contribution in [0.4, 0.5) is 17.1 Å². The van der Waals surface area contributed by atoms with E-state index in [4.69, 9.17) is 13.8 Å². The summed E-state index contributed by atoms with van der Waals surface area (Å²) in [4.78, 5) is 7.32. The molecule has 230 valence electrons. The molecule has 6 heteroatoms. The van der Waals surface area contributed by atoms with Gasteiger partial charge in [-0.15, -0.1) is 22.7 Å². The second kappa shape index (κ2) is 10.3. The van der Waals surface area contributed by atoms with Crippen molar-refractivity contribution in [3.05, 3.63) is 146 Å². The predicted molar refractivity (Wildman–Crippen MR) is 207 cm³/mol. The molecule has 0 bridgehead atoms. The number of fused-ring (bicyclic) bond motifs is 11. The third kappa shape index (κ3) is 4.11. The van der Waals surface area contributed by atoms with Crippen molar-refractivity contribution in [1.29, 1.82) is 0 Å². The smallest absolute Gasteiger partial charge is 0.137 e. The second-order valence-electron chi connectivity index (χ2n) is 12.3. The highest BCUT2D eigenvalue weighted by Crippen LogP contribution is 2.45. The molecule has 11 rings (SSSR count). The van der Waals surface area contributed by atoms with Crippen LogP contribution in [0.5, 0.6) is 0 Å². The Kier molecular flexibility index (Phi) is 5.67. The Labute approximate surface area is 287 Å². The number of thiophene rings is 1. The summed E-state index contributed by atoms with van der Waals surface area (Å²) in [7, 11) is 0. The highest BCUT2D eigenvalue weighted by molar-refractivity contribution is 7.25. The monoisotopic (exact) mass is 664 g/mol. The molecular formula is C43H24N2O2S2. The van der Waals surface area contributed by atoms with Crippen molar-refractivity contribution in [2.45, 2.75) is 0 Å². The molecule has 49 heavy (non-hydrogen) atoms. The maximum Gasteiger partial charge on any atom is 0.137 e. The van der Waals surface area contributed by atoms with E-state index in [-0.39, 0.29) is 0 Å². The van der Waals surface area contributed by atoms with Crippen LogP contribution in [0, 0.1) is 0 Å². The van der Waals surface area contributed by atoms with Crippen molar-refractivity contribution in [3.8, 4) is 10.6 Å². The van der Waals surface area contributed by atoms with E-state index >= 15 is 0 Å². The van der Waals surface area contributed by atoms with E-state index in [1.54, 1.807) is 11.3 Å². The van der Waals surface area contributed by atoms with Crippen molar-refractivity contribution in [3.63, 3.8) is 0 Å². The van der Waals surface area contributed by atoms with Gasteiger partial charge in [0.15, 0.2) is 0 Å². The van der Waals surface area contributed by atoms with Gasteiger partial charge in [-0.3, -0.25) is 0 Å². The second-order valence-corrected chi connectivity index (χ2v) is 14.4. The lowest BCUT2D eigenvalue weighted by molar-refractivity contribution is 0.668. The normalized spacial score (nSPS) is 12.1. The Balaban J connectivity index is 1.12. The third-order valence-corrected chi connectivity index (χ3v) is 11.8. The number of thiazole rings is 1. The van der Waals surface area contributed by atoms with Crippen molar-refractivity contribution >= 4 is 114 Å². The van der Waals surface area contributed by atoms with E-state index in [0.717, 1.165) is 81.7 Å². The minimum atomic E-state index is 0.845. The molecule has 0 unspecified atom stereocenters. The number of para-hydroxylation sites is 1. The highest BCUT2D eigenvalue weighted by atomic mass is 32.1. The molecule has 4 heterocycles. The predicted octanol–water partition coefficient (Wildman–Crippen LogP) is 13.6. The first kappa shape index (κ1) is 27.0. The van der Waals surface area contributed by atoms with Gasteiger partial charge in [0.25, 0.3) is 0 Å². The van der Waals surface area contributed by atoms with Crippen LogP contribution in [0.15, 0.2) is 154 Å². The van der Waals surface area contributed by atoms with E-state index < -0.39 is 0 Å². The van der Waals surface area contributed by atoms with Crippen LogP contribution in [0.3, 0.4) is 0 Å². The molecule has 0 aliphatic rings. The molecule has 0 aliphatic carbocycles. The summed E-state index contributed by atoms with van der Waals surface area (Å²) in [6.45, 7) is 0. The van der Waals surface area contributed by atoms with Crippen molar-refractivity contribution in [2.75, 3.05) is 4.90 Å². The molecule has 0 spiro atoms. The number of furan rings is 2. The minimum absolute atomic E-state index is 0.845. The van der Waals surface area contributed by atoms with Gasteiger partial charge in [-0.2, -0.15) is 0 Å². The molecule has 7 aromatic carbocycles. The number of anilines is 3. The zero-order chi connectivity index (χ0) is 32.1. The average molecular weight is 665 g/mol. The maximum absolute atomic E-state index is 6.60. The average Bonchev–Trinajstić information content (AvgIpc) is 3.92. The number of nitrogens with zero attached hydrogens (tertiary/aromatic N) is 2. The Hall–Kier alpha value is -5.95. The molecule has 0 saturated heterocycles. The standard InChI is InChI=1S/C43H24N2O2S2/c1-2-8-25(9-3-1)43-44-34-19-21-37-41(42(34)49-43)32-18-15-27(23-38(32)47-37)45(26-16-20-36-33(22-26)29-10-4-6-12-35(29)46-36)28-14-17-31-30-11-5-7-13-39(30)48-40(31)24-28/h1-24H. The molecule has 0 amide bonds. The largest absolute Gasteiger partial charge is 0.456 e. The first-order valence-electron chi connectivity index (χ1n) is 16.2. The van der Waals surface area contributed by atoms with E-state index in [0.29, 0.717) is 0 Å². The summed E-state index contributed by atoms with van der Waals surface area (Å²) in [5, 5.41) is 7.98. The van der Waals surface area contributed by atoms with Gasteiger partial charge in [0.1, 0.15) is 27.3 Å². The van der Waals surface area contributed by atoms with E-state index in [1.807, 2.05) is 29.5 Å². The quantitative estimate of drug-likeness (QED) is 0.188. The highest BCUT2D eigenvalue weighted by Gasteiger charge is 2.20. The number of aromatic nitrogens is 1. The molecule has 4 aromatic heterocycles. The van der Waals surface area contributed by atoms with Gasteiger partial charge in [0, 0.05) is 70.4 Å². The van der Waals surface area contributed by atoms with Crippen LogP contribution in [0.2, 0.25) is 0 Å². The first-order valence-corrected chi connectivity index (χ1v) is 17.8. The number of rotatable bonds is 4. The molecular weight excluding hydrogens is 641 g/mol. The Morgan fingerprint density at radius 3 is 2.04 bits per heavy atom. The van der Waals surface area contributed by atoms with Crippen molar-refractivity contribution < 1.29 is 8.83 Å². The topological polar surface area (TPSA) is 42.4 Å². The van der Waals surface area contributed by atoms with Gasteiger partial charge in [0.2, 0.25) is 0 Å². The summed E-state index contributed by atoms with van der Waals surface area (Å²) in [5.74, 6) is 0. The van der Waals surface area contributed by atoms with Crippen molar-refractivity contribution in [2.24, 2.45) is 0 Å². The minimum Gasteiger partial charge on any atom is -0.456 e. The fourth-order valence-corrected chi connectivity index (χ4v) is 9.49. The summed E-state index contributed by atoms with van der Waals surface area (Å²) < 4.78 is 16.5. The molecule has 11 aromatic rings. The van der Waals surface area contributed by atoms with Crippen molar-refractivity contribution in [1.82, 2.24) is 4.98 Å². The Morgan fingerprint density at radius 1 is 0.449 bits per heavy atom. The van der Waals surface area contributed by atoms with Crippen LogP contribution >= 0.6 is 22.7 Å². The molecule has 4 nitrogen and oxygen atoms in total. The molecule has 0 N–H and O–H groups in total. The summed E-state index contributed by atoms with van der Waals surface area (Å²) >= 11 is 3.55. The van der Waals surface area contributed by atoms with Crippen LogP contribution in [0.25, 0.3) is 84.8 Å². The lowest BCUT2D eigenvalue weighted by Gasteiger charge is -2.25. The zero-order valence-corrected chi connectivity index (χ0v) is 27.5. The van der Waals surface area contributed by atoms with E-state index in [1.165, 1.54) is 20.2 Å². The molecule has 0 atom stereocenters. The summed E-state index contributed by atoms with van der Waals surface area (Å²) in [5.41, 5.74) is 8.74. The van der Waals surface area contributed by atoms with Gasteiger partial charge in [-0.1, -0.05) is 72.8 Å². The molecule has 0 aliphatic heterocycles. The maximum atomic E-state index is 6.60. The molecule has 0 radical (unpaired) electrons. The van der Waals surface area contributed by atoms with Crippen LogP contribution < -0.4 is 4.90 Å². The molecule has 0 saturated carbocycles. The van der Waals surface area contributed by atoms with Crippen LogP contribution in [-0.2, 0) is 0 Å². The SMILES string of the molecule is c1ccc(-c2nc3ccc4oc5cc(N(c6ccc7c(c6)sc6ccccc67)c6ccc7oc8ccccc8c7c6)ccc5c4c3s2)cc1. The zero-order valence-electron chi connectivity index (χ0n) is 25.9. The molecule has 0 fully saturated rings. The van der Waals surface area contributed by atoms with Gasteiger partial charge < -0.3 is 13.7 Å². The van der Waals surface area contributed by atoms with Gasteiger partial charge >= 0.3 is 0 Å². The van der Waals surface area contributed by atoms with Gasteiger partial charge in [-0.05, 0) is 66.7 Å². The van der Waals surface area contributed by atoms with Gasteiger partial charge in [-0.25, -0.2) is 4.98 Å². The summed E-state index contributed by atoms with van der Waals surface area (Å²) in [6.07, 6.45) is 0. The summed E-state index contributed by atoms with van der Waals surface area (Å²) in [6, 6.07) is 51.2. The number of benzene rings is 7. The number of hydrogen-bond donors (Lipinski definition) is 0. The fourth-order valence-electron chi connectivity index (χ4n) is 7.23. The fraction of sp³-hybridized carbons (Fsp3) is 0. The van der Waals surface area contributed by atoms with E-state index in [9.17, 15) is 0 Å².